The fourth-order valence-corrected chi connectivity index (χ4v) is 2.00. The first-order chi connectivity index (χ1) is 8.91. The van der Waals surface area contributed by atoms with Crippen molar-refractivity contribution in [3.63, 3.8) is 0 Å². The zero-order chi connectivity index (χ0) is 14.2. The molecule has 1 atom stereocenters. The maximum Gasteiger partial charge on any atom is 0.239 e. The highest BCUT2D eigenvalue weighted by Gasteiger charge is 2.37. The van der Waals surface area contributed by atoms with Crippen LogP contribution in [0.1, 0.15) is 5.56 Å². The minimum Gasteiger partial charge on any atom is -0.393 e. The van der Waals surface area contributed by atoms with Gasteiger partial charge in [-0.1, -0.05) is 12.1 Å². The van der Waals surface area contributed by atoms with Gasteiger partial charge in [0.2, 0.25) is 5.91 Å². The van der Waals surface area contributed by atoms with Gasteiger partial charge in [0, 0.05) is 7.05 Å². The molecule has 0 aromatic heterocycles. The number of rotatable bonds is 2. The molecule has 0 saturated carbocycles. The average Bonchev–Trinajstić information content (AvgIpc) is 2.41. The van der Waals surface area contributed by atoms with E-state index in [9.17, 15) is 14.0 Å². The first-order valence-electron chi connectivity index (χ1n) is 5.73. The van der Waals surface area contributed by atoms with Crippen LogP contribution in [0.3, 0.4) is 0 Å². The summed E-state index contributed by atoms with van der Waals surface area (Å²) in [5.41, 5.74) is 11.7. The number of benzene rings is 1. The summed E-state index contributed by atoms with van der Waals surface area (Å²) in [6.07, 6.45) is 0.177. The van der Waals surface area contributed by atoms with Gasteiger partial charge >= 0.3 is 0 Å². The fourth-order valence-electron chi connectivity index (χ4n) is 2.00. The van der Waals surface area contributed by atoms with Crippen molar-refractivity contribution >= 4 is 11.7 Å². The molecule has 0 saturated heterocycles. The van der Waals surface area contributed by atoms with Crippen molar-refractivity contribution in [3.05, 3.63) is 47.2 Å². The van der Waals surface area contributed by atoms with E-state index in [-0.39, 0.29) is 23.8 Å². The van der Waals surface area contributed by atoms with Crippen molar-refractivity contribution in [2.45, 2.75) is 6.42 Å². The van der Waals surface area contributed by atoms with Crippen molar-refractivity contribution in [2.75, 3.05) is 7.05 Å². The van der Waals surface area contributed by atoms with E-state index in [1.165, 1.54) is 36.2 Å². The van der Waals surface area contributed by atoms with Gasteiger partial charge in [0.05, 0.1) is 0 Å². The van der Waals surface area contributed by atoms with Crippen molar-refractivity contribution in [3.8, 4) is 0 Å². The number of nitrogens with two attached hydrogens (primary N) is 2. The summed E-state index contributed by atoms with van der Waals surface area (Å²) < 4.78 is 12.8. The molecule has 0 aliphatic carbocycles. The van der Waals surface area contributed by atoms with Crippen LogP contribution in [-0.2, 0) is 16.0 Å². The third kappa shape index (κ3) is 2.29. The molecule has 19 heavy (non-hydrogen) atoms. The minimum absolute atomic E-state index is 0.0228. The summed E-state index contributed by atoms with van der Waals surface area (Å²) in [5.74, 6) is -2.18. The van der Waals surface area contributed by atoms with Crippen molar-refractivity contribution < 1.29 is 14.0 Å². The maximum atomic E-state index is 12.8. The smallest absolute Gasteiger partial charge is 0.239 e. The van der Waals surface area contributed by atoms with Gasteiger partial charge in [-0.05, 0) is 24.1 Å². The second-order valence-electron chi connectivity index (χ2n) is 4.44. The van der Waals surface area contributed by atoms with Crippen molar-refractivity contribution in [2.24, 2.45) is 17.4 Å². The number of allylic oxidation sites excluding steroid dienone is 1. The summed E-state index contributed by atoms with van der Waals surface area (Å²) in [4.78, 5) is 25.2. The maximum absolute atomic E-state index is 12.8. The molecule has 0 bridgehead atoms. The van der Waals surface area contributed by atoms with Crippen LogP contribution in [0, 0.1) is 11.7 Å². The van der Waals surface area contributed by atoms with Crippen molar-refractivity contribution in [1.29, 1.82) is 0 Å². The lowest BCUT2D eigenvalue weighted by Gasteiger charge is -2.29. The molecule has 1 aromatic carbocycles. The Morgan fingerprint density at radius 2 is 1.79 bits per heavy atom. The minimum atomic E-state index is -0.900. The second kappa shape index (κ2) is 4.72. The molecule has 0 spiro atoms. The topological polar surface area (TPSA) is 89.4 Å². The zero-order valence-electron chi connectivity index (χ0n) is 10.4. The summed E-state index contributed by atoms with van der Waals surface area (Å²) >= 11 is 0. The molecule has 100 valence electrons. The Morgan fingerprint density at radius 3 is 2.37 bits per heavy atom. The van der Waals surface area contributed by atoms with Crippen LogP contribution in [0.4, 0.5) is 4.39 Å². The van der Waals surface area contributed by atoms with E-state index in [4.69, 9.17) is 11.5 Å². The Bertz CT molecular complexity index is 566. The van der Waals surface area contributed by atoms with Gasteiger partial charge in [-0.3, -0.25) is 14.5 Å². The van der Waals surface area contributed by atoms with E-state index < -0.39 is 17.6 Å². The summed E-state index contributed by atoms with van der Waals surface area (Å²) in [6, 6.07) is 5.64. The van der Waals surface area contributed by atoms with Crippen LogP contribution in [0.2, 0.25) is 0 Å². The predicted molar refractivity (Wildman–Crippen MR) is 66.8 cm³/mol. The number of amides is 1. The Balaban J connectivity index is 2.28. The lowest BCUT2D eigenvalue weighted by molar-refractivity contribution is -0.139. The summed E-state index contributed by atoms with van der Waals surface area (Å²) in [7, 11) is 1.47. The Hall–Kier alpha value is -2.37. The third-order valence-corrected chi connectivity index (χ3v) is 3.20. The van der Waals surface area contributed by atoms with Gasteiger partial charge in [-0.2, -0.15) is 0 Å². The molecule has 0 radical (unpaired) electrons. The number of Topliss-reactive ketones (excluding diaryl/α,β-unsaturated/α-hetero) is 1. The fraction of sp³-hybridized carbons (Fsp3) is 0.231. The molecule has 4 N–H and O–H groups in total. The molecule has 6 heteroatoms. The Morgan fingerprint density at radius 1 is 1.21 bits per heavy atom. The first kappa shape index (κ1) is 13.1. The lowest BCUT2D eigenvalue weighted by atomic mass is 9.90. The van der Waals surface area contributed by atoms with Gasteiger partial charge in [-0.25, -0.2) is 4.39 Å². The van der Waals surface area contributed by atoms with Crippen LogP contribution in [0.15, 0.2) is 35.8 Å². The normalized spacial score (nSPS) is 20.1. The highest BCUT2D eigenvalue weighted by Crippen LogP contribution is 2.21. The SMILES string of the molecule is CN1C(=O)C(Cc2ccc(F)cc2)C(=O)C(N)=C1N. The van der Waals surface area contributed by atoms with Crippen LogP contribution in [0.5, 0.6) is 0 Å². The van der Waals surface area contributed by atoms with Gasteiger partial charge in [0.15, 0.2) is 5.78 Å². The largest absolute Gasteiger partial charge is 0.393 e. The van der Waals surface area contributed by atoms with E-state index in [2.05, 4.69) is 0 Å². The Kier molecular flexibility index (Phi) is 3.25. The number of carbonyl (C=O) groups excluding carboxylic acids is 2. The molecule has 0 fully saturated rings. The third-order valence-electron chi connectivity index (χ3n) is 3.20. The van der Waals surface area contributed by atoms with Gasteiger partial charge in [0.1, 0.15) is 23.3 Å². The van der Waals surface area contributed by atoms with E-state index in [0.29, 0.717) is 5.56 Å². The standard InChI is InChI=1S/C13H14FN3O2/c1-17-12(16)10(15)11(18)9(13(17)19)6-7-2-4-8(14)5-3-7/h2-5,9H,6,15-16H2,1H3. The average molecular weight is 263 g/mol. The molecule has 1 amide bonds. The van der Waals surface area contributed by atoms with Gasteiger partial charge < -0.3 is 11.5 Å². The second-order valence-corrected chi connectivity index (χ2v) is 4.44. The quantitative estimate of drug-likeness (QED) is 0.741. The number of nitrogens with zero attached hydrogens (tertiary/aromatic N) is 1. The van der Waals surface area contributed by atoms with Gasteiger partial charge in [0.25, 0.3) is 0 Å². The summed E-state index contributed by atoms with van der Waals surface area (Å²) in [6.45, 7) is 0. The summed E-state index contributed by atoms with van der Waals surface area (Å²) in [5, 5.41) is 0. The van der Waals surface area contributed by atoms with E-state index in [1.54, 1.807) is 0 Å². The molecule has 1 unspecified atom stereocenters. The Labute approximate surface area is 109 Å². The molecule has 2 rings (SSSR count). The molecule has 1 heterocycles. The van der Waals surface area contributed by atoms with Crippen LogP contribution >= 0.6 is 0 Å². The van der Waals surface area contributed by atoms with E-state index >= 15 is 0 Å². The number of halogens is 1. The number of carbonyl (C=O) groups is 2. The number of ketones is 1. The molecule has 1 aliphatic heterocycles. The van der Waals surface area contributed by atoms with Crippen LogP contribution < -0.4 is 11.5 Å². The zero-order valence-corrected chi connectivity index (χ0v) is 10.4. The van der Waals surface area contributed by atoms with Gasteiger partial charge in [-0.15, -0.1) is 0 Å². The number of hydrogen-bond donors (Lipinski definition) is 2. The molecular formula is C13H14FN3O2. The molecular weight excluding hydrogens is 249 g/mol. The van der Waals surface area contributed by atoms with Crippen molar-refractivity contribution in [1.82, 2.24) is 4.90 Å². The van der Waals surface area contributed by atoms with Crippen LogP contribution in [0.25, 0.3) is 0 Å². The first-order valence-corrected chi connectivity index (χ1v) is 5.73. The molecule has 1 aliphatic rings. The highest BCUT2D eigenvalue weighted by molar-refractivity contribution is 6.12. The van der Waals surface area contributed by atoms with E-state index in [1.807, 2.05) is 0 Å². The molecule has 1 aromatic rings. The van der Waals surface area contributed by atoms with E-state index in [0.717, 1.165) is 0 Å². The molecule has 5 nitrogen and oxygen atoms in total. The lowest BCUT2D eigenvalue weighted by Crippen LogP contribution is -2.48. The highest BCUT2D eigenvalue weighted by atomic mass is 19.1. The van der Waals surface area contributed by atoms with Crippen LogP contribution in [-0.4, -0.2) is 23.6 Å². The predicted octanol–water partition coefficient (Wildman–Crippen LogP) is 0.112. The monoisotopic (exact) mass is 263 g/mol. The number of hydrogen-bond acceptors (Lipinski definition) is 4.